The summed E-state index contributed by atoms with van der Waals surface area (Å²) in [6.07, 6.45) is 4.47. The van der Waals surface area contributed by atoms with E-state index in [9.17, 15) is 0 Å². The smallest absolute Gasteiger partial charge is 0.198 e. The largest absolute Gasteiger partial charge is 0.381 e. The lowest BCUT2D eigenvalue weighted by Gasteiger charge is -2.04. The Hall–Kier alpha value is -1.20. The Morgan fingerprint density at radius 2 is 2.40 bits per heavy atom. The number of rotatable bonds is 1. The van der Waals surface area contributed by atoms with E-state index in [0.717, 1.165) is 18.9 Å². The van der Waals surface area contributed by atoms with E-state index in [-0.39, 0.29) is 0 Å². The molecule has 1 aliphatic rings. The fourth-order valence-corrected chi connectivity index (χ4v) is 2.02. The van der Waals surface area contributed by atoms with E-state index in [1.807, 2.05) is 10.6 Å². The van der Waals surface area contributed by atoms with Crippen LogP contribution in [0.15, 0.2) is 12.4 Å². The van der Waals surface area contributed by atoms with Crippen molar-refractivity contribution in [1.29, 1.82) is 0 Å². The van der Waals surface area contributed by atoms with Gasteiger partial charge in [-0.3, -0.25) is 4.40 Å². The van der Waals surface area contributed by atoms with Gasteiger partial charge in [0.1, 0.15) is 5.82 Å². The summed E-state index contributed by atoms with van der Waals surface area (Å²) in [5, 5.41) is 8.56. The molecule has 1 saturated heterocycles. The molecule has 0 amide bonds. The number of ether oxygens (including phenoxy) is 1. The molecule has 1 fully saturated rings. The van der Waals surface area contributed by atoms with Gasteiger partial charge in [-0.15, -0.1) is 10.2 Å². The van der Waals surface area contributed by atoms with Crippen molar-refractivity contribution in [2.75, 3.05) is 13.2 Å². The van der Waals surface area contributed by atoms with Gasteiger partial charge in [-0.2, -0.15) is 0 Å². The maximum Gasteiger partial charge on any atom is 0.198 e. The SMILES string of the molecule is Clc1nccn2c(C3CCOC3)nnc12. The number of hydrogen-bond acceptors (Lipinski definition) is 4. The van der Waals surface area contributed by atoms with Crippen molar-refractivity contribution in [2.24, 2.45) is 0 Å². The minimum atomic E-state index is 0.318. The highest BCUT2D eigenvalue weighted by atomic mass is 35.5. The zero-order valence-corrected chi connectivity index (χ0v) is 8.68. The molecule has 0 aliphatic carbocycles. The molecule has 1 atom stereocenters. The minimum absolute atomic E-state index is 0.318. The minimum Gasteiger partial charge on any atom is -0.381 e. The first-order chi connectivity index (χ1) is 7.36. The molecular formula is C9H9ClN4O. The zero-order valence-electron chi connectivity index (χ0n) is 7.93. The maximum absolute atomic E-state index is 5.91. The molecule has 0 bridgehead atoms. The summed E-state index contributed by atoms with van der Waals surface area (Å²) >= 11 is 5.91. The van der Waals surface area contributed by atoms with Crippen molar-refractivity contribution >= 4 is 17.2 Å². The molecule has 1 unspecified atom stereocenters. The number of nitrogens with zero attached hydrogens (tertiary/aromatic N) is 4. The van der Waals surface area contributed by atoms with Crippen LogP contribution in [0.3, 0.4) is 0 Å². The Balaban J connectivity index is 2.15. The highest BCUT2D eigenvalue weighted by Crippen LogP contribution is 2.25. The molecule has 0 spiro atoms. The zero-order chi connectivity index (χ0) is 10.3. The molecule has 15 heavy (non-hydrogen) atoms. The predicted octanol–water partition coefficient (Wildman–Crippen LogP) is 1.28. The Morgan fingerprint density at radius 1 is 1.47 bits per heavy atom. The summed E-state index contributed by atoms with van der Waals surface area (Å²) in [7, 11) is 0. The second-order valence-electron chi connectivity index (χ2n) is 3.53. The number of hydrogen-bond donors (Lipinski definition) is 0. The Kier molecular flexibility index (Phi) is 2.07. The molecule has 0 N–H and O–H groups in total. The van der Waals surface area contributed by atoms with E-state index >= 15 is 0 Å². The summed E-state index contributed by atoms with van der Waals surface area (Å²) in [5.74, 6) is 1.23. The molecule has 0 aromatic carbocycles. The second kappa shape index (κ2) is 3.43. The van der Waals surface area contributed by atoms with Crippen molar-refractivity contribution in [3.8, 4) is 0 Å². The van der Waals surface area contributed by atoms with Crippen LogP contribution in [0.2, 0.25) is 5.15 Å². The number of halogens is 1. The van der Waals surface area contributed by atoms with Crippen molar-refractivity contribution in [1.82, 2.24) is 19.6 Å². The van der Waals surface area contributed by atoms with Gasteiger partial charge >= 0.3 is 0 Å². The van der Waals surface area contributed by atoms with Crippen LogP contribution >= 0.6 is 11.6 Å². The molecule has 6 heteroatoms. The average molecular weight is 225 g/mol. The summed E-state index contributed by atoms with van der Waals surface area (Å²) < 4.78 is 7.21. The number of fused-ring (bicyclic) bond motifs is 1. The van der Waals surface area contributed by atoms with Gasteiger partial charge in [0.05, 0.1) is 6.61 Å². The van der Waals surface area contributed by atoms with Gasteiger partial charge < -0.3 is 4.74 Å². The third-order valence-corrected chi connectivity index (χ3v) is 2.87. The summed E-state index contributed by atoms with van der Waals surface area (Å²) in [6, 6.07) is 0. The molecule has 1 aliphatic heterocycles. The summed E-state index contributed by atoms with van der Waals surface area (Å²) in [5.41, 5.74) is 0.612. The highest BCUT2D eigenvalue weighted by Gasteiger charge is 2.23. The van der Waals surface area contributed by atoms with Crippen molar-refractivity contribution in [3.05, 3.63) is 23.4 Å². The molecule has 0 saturated carbocycles. The van der Waals surface area contributed by atoms with E-state index in [1.54, 1.807) is 6.20 Å². The van der Waals surface area contributed by atoms with Gasteiger partial charge in [0.2, 0.25) is 0 Å². The van der Waals surface area contributed by atoms with E-state index in [4.69, 9.17) is 16.3 Å². The first-order valence-electron chi connectivity index (χ1n) is 4.79. The van der Waals surface area contributed by atoms with E-state index in [2.05, 4.69) is 15.2 Å². The molecular weight excluding hydrogens is 216 g/mol. The quantitative estimate of drug-likeness (QED) is 0.732. The average Bonchev–Trinajstić information content (AvgIpc) is 2.85. The van der Waals surface area contributed by atoms with Crippen molar-refractivity contribution in [2.45, 2.75) is 12.3 Å². The summed E-state index contributed by atoms with van der Waals surface area (Å²) in [4.78, 5) is 3.96. The van der Waals surface area contributed by atoms with Crippen LogP contribution < -0.4 is 0 Å². The van der Waals surface area contributed by atoms with E-state index < -0.39 is 0 Å². The first kappa shape index (κ1) is 9.06. The van der Waals surface area contributed by atoms with Crippen LogP contribution in [0.25, 0.3) is 5.65 Å². The Morgan fingerprint density at radius 3 is 3.20 bits per heavy atom. The first-order valence-corrected chi connectivity index (χ1v) is 5.17. The molecule has 2 aromatic heterocycles. The maximum atomic E-state index is 5.91. The third kappa shape index (κ3) is 1.39. The molecule has 0 radical (unpaired) electrons. The van der Waals surface area contributed by atoms with Crippen LogP contribution in [-0.2, 0) is 4.74 Å². The van der Waals surface area contributed by atoms with E-state index in [0.29, 0.717) is 23.3 Å². The highest BCUT2D eigenvalue weighted by molar-refractivity contribution is 6.32. The third-order valence-electron chi connectivity index (χ3n) is 2.61. The van der Waals surface area contributed by atoms with E-state index in [1.165, 1.54) is 0 Å². The lowest BCUT2D eigenvalue weighted by molar-refractivity contribution is 0.193. The standard InChI is InChI=1S/C9H9ClN4O/c10-7-9-13-12-8(6-1-4-15-5-6)14(9)3-2-11-7/h2-3,6H,1,4-5H2. The number of aromatic nitrogens is 4. The molecule has 3 heterocycles. The molecule has 78 valence electrons. The van der Waals surface area contributed by atoms with Gasteiger partial charge in [-0.05, 0) is 6.42 Å². The Bertz CT molecular complexity index is 492. The normalized spacial score (nSPS) is 21.3. The van der Waals surface area contributed by atoms with Gasteiger partial charge in [0.25, 0.3) is 0 Å². The molecule has 3 rings (SSSR count). The monoisotopic (exact) mass is 224 g/mol. The van der Waals surface area contributed by atoms with Gasteiger partial charge in [0.15, 0.2) is 10.8 Å². The fraction of sp³-hybridized carbons (Fsp3) is 0.444. The van der Waals surface area contributed by atoms with Gasteiger partial charge in [-0.25, -0.2) is 4.98 Å². The fourth-order valence-electron chi connectivity index (χ4n) is 1.83. The lowest BCUT2D eigenvalue weighted by atomic mass is 10.1. The van der Waals surface area contributed by atoms with Crippen LogP contribution in [0.4, 0.5) is 0 Å². The molecule has 5 nitrogen and oxygen atoms in total. The van der Waals surface area contributed by atoms with Crippen LogP contribution in [-0.4, -0.2) is 32.8 Å². The van der Waals surface area contributed by atoms with Gasteiger partial charge in [-0.1, -0.05) is 11.6 Å². The second-order valence-corrected chi connectivity index (χ2v) is 3.89. The Labute approximate surface area is 91.0 Å². The predicted molar refractivity (Wildman–Crippen MR) is 54.0 cm³/mol. The molecule has 2 aromatic rings. The van der Waals surface area contributed by atoms with Crippen LogP contribution in [0.5, 0.6) is 0 Å². The van der Waals surface area contributed by atoms with Crippen LogP contribution in [0, 0.1) is 0 Å². The lowest BCUT2D eigenvalue weighted by Crippen LogP contribution is -2.03. The van der Waals surface area contributed by atoms with Crippen molar-refractivity contribution in [3.63, 3.8) is 0 Å². The summed E-state index contributed by atoms with van der Waals surface area (Å²) in [6.45, 7) is 1.50. The topological polar surface area (TPSA) is 52.3 Å². The van der Waals surface area contributed by atoms with Crippen LogP contribution in [0.1, 0.15) is 18.2 Å². The van der Waals surface area contributed by atoms with Crippen molar-refractivity contribution < 1.29 is 4.74 Å². The van der Waals surface area contributed by atoms with Gasteiger partial charge in [0, 0.05) is 24.9 Å².